The lowest BCUT2D eigenvalue weighted by molar-refractivity contribution is -0.135. The van der Waals surface area contributed by atoms with Gasteiger partial charge in [-0.3, -0.25) is 9.69 Å². The first kappa shape index (κ1) is 16.5. The van der Waals surface area contributed by atoms with Crippen molar-refractivity contribution < 1.29 is 4.79 Å². The van der Waals surface area contributed by atoms with Crippen molar-refractivity contribution >= 4 is 5.91 Å². The average molecular weight is 299 g/mol. The molecule has 4 nitrogen and oxygen atoms in total. The molecule has 1 atom stereocenters. The number of benzene rings is 1. The van der Waals surface area contributed by atoms with E-state index in [4.69, 9.17) is 5.26 Å². The predicted molar refractivity (Wildman–Crippen MR) is 87.3 cm³/mol. The molecule has 1 aliphatic rings. The molecular formula is C18H25N3O. The number of rotatable bonds is 5. The molecular weight excluding hydrogens is 274 g/mol. The zero-order chi connectivity index (χ0) is 15.9. The molecule has 118 valence electrons. The van der Waals surface area contributed by atoms with E-state index in [1.165, 1.54) is 5.56 Å². The first-order valence-corrected chi connectivity index (χ1v) is 8.04. The molecule has 0 aromatic heterocycles. The third-order valence-corrected chi connectivity index (χ3v) is 4.64. The van der Waals surface area contributed by atoms with Crippen LogP contribution in [0.2, 0.25) is 0 Å². The Kier molecular flexibility index (Phi) is 5.97. The van der Waals surface area contributed by atoms with Crippen LogP contribution in [-0.2, 0) is 4.79 Å². The van der Waals surface area contributed by atoms with Gasteiger partial charge in [0, 0.05) is 13.6 Å². The predicted octanol–water partition coefficient (Wildman–Crippen LogP) is 2.63. The topological polar surface area (TPSA) is 47.3 Å². The van der Waals surface area contributed by atoms with Crippen LogP contribution in [0.1, 0.15) is 37.7 Å². The summed E-state index contributed by atoms with van der Waals surface area (Å²) < 4.78 is 0. The largest absolute Gasteiger partial charge is 0.343 e. The summed E-state index contributed by atoms with van der Waals surface area (Å²) in [7, 11) is 1.78. The highest BCUT2D eigenvalue weighted by molar-refractivity contribution is 5.81. The standard InChI is InChI=1S/C18H25N3O/c1-15(18(22)20(2)12-6-11-19)21-13-9-17(10-14-21)16-7-4-3-5-8-16/h3-5,7-8,15,17H,6,9-10,12-14H2,1-2H3. The van der Waals surface area contributed by atoms with Crippen LogP contribution in [0.4, 0.5) is 0 Å². The number of nitriles is 1. The number of amides is 1. The zero-order valence-electron chi connectivity index (χ0n) is 13.5. The summed E-state index contributed by atoms with van der Waals surface area (Å²) >= 11 is 0. The summed E-state index contributed by atoms with van der Waals surface area (Å²) in [5.74, 6) is 0.726. The Bertz CT molecular complexity index is 515. The third kappa shape index (κ3) is 4.08. The number of carbonyl (C=O) groups is 1. The molecule has 1 amide bonds. The Hall–Kier alpha value is -1.86. The summed E-state index contributed by atoms with van der Waals surface area (Å²) in [6.07, 6.45) is 2.60. The number of carbonyl (C=O) groups excluding carboxylic acids is 1. The van der Waals surface area contributed by atoms with E-state index >= 15 is 0 Å². The van der Waals surface area contributed by atoms with Gasteiger partial charge >= 0.3 is 0 Å². The summed E-state index contributed by atoms with van der Waals surface area (Å²) in [6, 6.07) is 12.6. The maximum atomic E-state index is 12.4. The highest BCUT2D eigenvalue weighted by atomic mass is 16.2. The van der Waals surface area contributed by atoms with Gasteiger partial charge in [0.15, 0.2) is 0 Å². The van der Waals surface area contributed by atoms with Gasteiger partial charge in [-0.2, -0.15) is 5.26 Å². The molecule has 0 spiro atoms. The maximum absolute atomic E-state index is 12.4. The second kappa shape index (κ2) is 7.95. The third-order valence-electron chi connectivity index (χ3n) is 4.64. The lowest BCUT2D eigenvalue weighted by Crippen LogP contribution is -2.48. The van der Waals surface area contributed by atoms with E-state index in [2.05, 4.69) is 41.3 Å². The molecule has 1 aliphatic heterocycles. The molecule has 0 saturated carbocycles. The number of nitrogens with zero attached hydrogens (tertiary/aromatic N) is 3. The van der Waals surface area contributed by atoms with Crippen LogP contribution >= 0.6 is 0 Å². The zero-order valence-corrected chi connectivity index (χ0v) is 13.5. The van der Waals surface area contributed by atoms with E-state index in [-0.39, 0.29) is 11.9 Å². The van der Waals surface area contributed by atoms with Crippen molar-refractivity contribution in [2.24, 2.45) is 0 Å². The first-order chi connectivity index (χ1) is 10.6. The van der Waals surface area contributed by atoms with Crippen LogP contribution in [0.15, 0.2) is 30.3 Å². The lowest BCUT2D eigenvalue weighted by atomic mass is 9.89. The van der Waals surface area contributed by atoms with Gasteiger partial charge in [-0.1, -0.05) is 30.3 Å². The average Bonchev–Trinajstić information content (AvgIpc) is 2.59. The SMILES string of the molecule is CC(C(=O)N(C)CCC#N)N1CCC(c2ccccc2)CC1. The molecule has 0 bridgehead atoms. The Morgan fingerprint density at radius 2 is 2.00 bits per heavy atom. The molecule has 1 heterocycles. The van der Waals surface area contributed by atoms with E-state index in [1.807, 2.05) is 6.92 Å². The van der Waals surface area contributed by atoms with Crippen LogP contribution in [0.5, 0.6) is 0 Å². The van der Waals surface area contributed by atoms with Gasteiger partial charge in [-0.15, -0.1) is 0 Å². The van der Waals surface area contributed by atoms with Crippen LogP contribution in [-0.4, -0.2) is 48.4 Å². The van der Waals surface area contributed by atoms with Crippen molar-refractivity contribution in [1.29, 1.82) is 5.26 Å². The molecule has 1 saturated heterocycles. The van der Waals surface area contributed by atoms with Gasteiger partial charge in [0.2, 0.25) is 5.91 Å². The number of piperidine rings is 1. The van der Waals surface area contributed by atoms with Crippen molar-refractivity contribution in [3.05, 3.63) is 35.9 Å². The van der Waals surface area contributed by atoms with Crippen LogP contribution < -0.4 is 0 Å². The van der Waals surface area contributed by atoms with Gasteiger partial charge in [0.25, 0.3) is 0 Å². The van der Waals surface area contributed by atoms with Crippen molar-refractivity contribution in [3.63, 3.8) is 0 Å². The van der Waals surface area contributed by atoms with Gasteiger partial charge < -0.3 is 4.90 Å². The van der Waals surface area contributed by atoms with Crippen molar-refractivity contribution in [1.82, 2.24) is 9.80 Å². The van der Waals surface area contributed by atoms with E-state index in [1.54, 1.807) is 11.9 Å². The fraction of sp³-hybridized carbons (Fsp3) is 0.556. The smallest absolute Gasteiger partial charge is 0.239 e. The molecule has 4 heteroatoms. The second-order valence-electron chi connectivity index (χ2n) is 6.06. The Morgan fingerprint density at radius 1 is 1.36 bits per heavy atom. The summed E-state index contributed by atoms with van der Waals surface area (Å²) in [4.78, 5) is 16.3. The number of hydrogen-bond acceptors (Lipinski definition) is 3. The monoisotopic (exact) mass is 299 g/mol. The number of likely N-dealkylation sites (N-methyl/N-ethyl adjacent to an activating group) is 1. The molecule has 1 aromatic carbocycles. The molecule has 22 heavy (non-hydrogen) atoms. The molecule has 0 aliphatic carbocycles. The summed E-state index contributed by atoms with van der Waals surface area (Å²) in [6.45, 7) is 4.41. The second-order valence-corrected chi connectivity index (χ2v) is 6.06. The van der Waals surface area contributed by atoms with Crippen LogP contribution in [0.25, 0.3) is 0 Å². The highest BCUT2D eigenvalue weighted by Crippen LogP contribution is 2.28. The van der Waals surface area contributed by atoms with Crippen LogP contribution in [0.3, 0.4) is 0 Å². The normalized spacial score (nSPS) is 17.7. The van der Waals surface area contributed by atoms with Crippen molar-refractivity contribution in [3.8, 4) is 6.07 Å². The van der Waals surface area contributed by atoms with Crippen molar-refractivity contribution in [2.75, 3.05) is 26.7 Å². The van der Waals surface area contributed by atoms with Gasteiger partial charge in [0.05, 0.1) is 18.5 Å². The van der Waals surface area contributed by atoms with Crippen LogP contribution in [0, 0.1) is 11.3 Å². The van der Waals surface area contributed by atoms with E-state index in [0.29, 0.717) is 18.9 Å². The van der Waals surface area contributed by atoms with E-state index in [0.717, 1.165) is 25.9 Å². The van der Waals surface area contributed by atoms with E-state index in [9.17, 15) is 4.79 Å². The fourth-order valence-electron chi connectivity index (χ4n) is 3.15. The summed E-state index contributed by atoms with van der Waals surface area (Å²) in [5, 5.41) is 8.62. The minimum absolute atomic E-state index is 0.0968. The Morgan fingerprint density at radius 3 is 2.59 bits per heavy atom. The molecule has 0 radical (unpaired) electrons. The minimum atomic E-state index is -0.0968. The van der Waals surface area contributed by atoms with Crippen molar-refractivity contribution in [2.45, 2.75) is 38.1 Å². The summed E-state index contributed by atoms with van der Waals surface area (Å²) in [5.41, 5.74) is 1.41. The minimum Gasteiger partial charge on any atom is -0.343 e. The van der Waals surface area contributed by atoms with E-state index < -0.39 is 0 Å². The highest BCUT2D eigenvalue weighted by Gasteiger charge is 2.28. The fourth-order valence-corrected chi connectivity index (χ4v) is 3.15. The lowest BCUT2D eigenvalue weighted by Gasteiger charge is -2.36. The first-order valence-electron chi connectivity index (χ1n) is 8.04. The number of likely N-dealkylation sites (tertiary alicyclic amines) is 1. The molecule has 0 N–H and O–H groups in total. The molecule has 2 rings (SSSR count). The Balaban J connectivity index is 1.86. The quantitative estimate of drug-likeness (QED) is 0.839. The van der Waals surface area contributed by atoms with Gasteiger partial charge in [-0.25, -0.2) is 0 Å². The van der Waals surface area contributed by atoms with Gasteiger partial charge in [-0.05, 0) is 44.3 Å². The Labute approximate surface area is 133 Å². The maximum Gasteiger partial charge on any atom is 0.239 e. The molecule has 1 unspecified atom stereocenters. The van der Waals surface area contributed by atoms with Gasteiger partial charge in [0.1, 0.15) is 0 Å². The molecule has 1 fully saturated rings. The number of hydrogen-bond donors (Lipinski definition) is 0. The molecule has 1 aromatic rings.